The maximum Gasteiger partial charge on any atom is 0.273 e. The summed E-state index contributed by atoms with van der Waals surface area (Å²) >= 11 is 0. The molecule has 0 bridgehead atoms. The van der Waals surface area contributed by atoms with Crippen molar-refractivity contribution in [2.24, 2.45) is 10.7 Å². The zero-order chi connectivity index (χ0) is 15.1. The number of carbonyl (C=O) groups is 1. The van der Waals surface area contributed by atoms with Gasteiger partial charge in [0, 0.05) is 13.1 Å². The minimum atomic E-state index is -0.433. The van der Waals surface area contributed by atoms with Crippen molar-refractivity contribution >= 4 is 17.3 Å². The molecule has 0 saturated heterocycles. The van der Waals surface area contributed by atoms with Gasteiger partial charge in [0.2, 0.25) is 0 Å². The quantitative estimate of drug-likeness (QED) is 0.567. The summed E-state index contributed by atoms with van der Waals surface area (Å²) in [6.07, 6.45) is 0. The maximum atomic E-state index is 12.1. The van der Waals surface area contributed by atoms with Gasteiger partial charge >= 0.3 is 0 Å². The van der Waals surface area contributed by atoms with Gasteiger partial charge in [0.15, 0.2) is 5.71 Å². The van der Waals surface area contributed by atoms with Gasteiger partial charge in [-0.05, 0) is 38.0 Å². The first-order chi connectivity index (χ1) is 9.47. The van der Waals surface area contributed by atoms with Crippen molar-refractivity contribution in [1.29, 1.82) is 0 Å². The molecule has 1 aromatic carbocycles. The lowest BCUT2D eigenvalue weighted by molar-refractivity contribution is -0.114. The van der Waals surface area contributed by atoms with Crippen LogP contribution in [-0.2, 0) is 4.79 Å². The van der Waals surface area contributed by atoms with E-state index in [1.54, 1.807) is 19.9 Å². The molecule has 0 saturated carbocycles. The normalized spacial score (nSPS) is 11.1. The summed E-state index contributed by atoms with van der Waals surface area (Å²) in [5.74, 6) is -0.542. The summed E-state index contributed by atoms with van der Waals surface area (Å²) in [6, 6.07) is 7.42. The molecule has 0 atom stereocenters. The Hall–Kier alpha value is -2.14. The van der Waals surface area contributed by atoms with Crippen LogP contribution < -0.4 is 11.1 Å². The number of carbonyl (C=O) groups excluding carboxylic acids is 1. The zero-order valence-corrected chi connectivity index (χ0v) is 12.1. The van der Waals surface area contributed by atoms with E-state index >= 15 is 0 Å². The van der Waals surface area contributed by atoms with Crippen molar-refractivity contribution < 1.29 is 9.90 Å². The fourth-order valence-corrected chi connectivity index (χ4v) is 1.53. The lowest BCUT2D eigenvalue weighted by Crippen LogP contribution is -2.35. The highest BCUT2D eigenvalue weighted by Crippen LogP contribution is 2.19. The number of rotatable bonds is 5. The molecule has 4 N–H and O–H groups in total. The number of aliphatic hydroxyl groups is 1. The highest BCUT2D eigenvalue weighted by molar-refractivity contribution is 6.45. The van der Waals surface area contributed by atoms with Crippen LogP contribution in [0.5, 0.6) is 0 Å². The molecule has 0 aliphatic heterocycles. The molecule has 1 aromatic rings. The second kappa shape index (κ2) is 7.45. The van der Waals surface area contributed by atoms with Crippen LogP contribution in [0.3, 0.4) is 0 Å². The Kier molecular flexibility index (Phi) is 5.93. The average molecular weight is 275 g/mol. The topological polar surface area (TPSA) is 87.7 Å². The van der Waals surface area contributed by atoms with Gasteiger partial charge in [0.05, 0.1) is 5.69 Å². The van der Waals surface area contributed by atoms with E-state index in [1.165, 1.54) is 0 Å². The van der Waals surface area contributed by atoms with Gasteiger partial charge in [-0.3, -0.25) is 4.79 Å². The second-order valence-corrected chi connectivity index (χ2v) is 4.64. The van der Waals surface area contributed by atoms with Gasteiger partial charge in [-0.25, -0.2) is 4.99 Å². The van der Waals surface area contributed by atoms with Crippen LogP contribution in [0.1, 0.15) is 19.4 Å². The van der Waals surface area contributed by atoms with Crippen molar-refractivity contribution in [3.8, 4) is 0 Å². The summed E-state index contributed by atoms with van der Waals surface area (Å²) in [7, 11) is 0. The molecule has 0 spiro atoms. The van der Waals surface area contributed by atoms with Crippen molar-refractivity contribution in [3.05, 3.63) is 41.2 Å². The molecule has 1 amide bonds. The summed E-state index contributed by atoms with van der Waals surface area (Å²) in [6.45, 7) is 6.01. The van der Waals surface area contributed by atoms with E-state index in [0.29, 0.717) is 24.4 Å². The zero-order valence-electron chi connectivity index (χ0n) is 12.1. The lowest BCUT2D eigenvalue weighted by atomic mass is 10.1. The fraction of sp³-hybridized carbons (Fsp3) is 0.333. The smallest absolute Gasteiger partial charge is 0.273 e. The number of para-hydroxylation sites is 1. The molecule has 0 unspecified atom stereocenters. The number of allylic oxidation sites excluding steroid dienone is 1. The number of hydrogen-bond acceptors (Lipinski definition) is 4. The van der Waals surface area contributed by atoms with Crippen molar-refractivity contribution in [2.75, 3.05) is 13.1 Å². The number of aliphatic hydroxyl groups excluding tert-OH is 1. The molecule has 0 aromatic heterocycles. The highest BCUT2D eigenvalue weighted by Gasteiger charge is 2.17. The molecular weight excluding hydrogens is 254 g/mol. The van der Waals surface area contributed by atoms with E-state index in [4.69, 9.17) is 5.73 Å². The van der Waals surface area contributed by atoms with Crippen LogP contribution in [0, 0.1) is 6.92 Å². The van der Waals surface area contributed by atoms with Gasteiger partial charge in [-0.1, -0.05) is 18.2 Å². The Morgan fingerprint density at radius 3 is 2.55 bits per heavy atom. The Bertz CT molecular complexity index is 544. The first-order valence-electron chi connectivity index (χ1n) is 6.46. The van der Waals surface area contributed by atoms with Gasteiger partial charge in [-0.15, -0.1) is 0 Å². The Morgan fingerprint density at radius 1 is 1.35 bits per heavy atom. The van der Waals surface area contributed by atoms with Crippen molar-refractivity contribution in [1.82, 2.24) is 5.32 Å². The molecule has 20 heavy (non-hydrogen) atoms. The number of nitrogens with zero attached hydrogens (tertiary/aromatic N) is 1. The predicted molar refractivity (Wildman–Crippen MR) is 81.3 cm³/mol. The number of aryl methyl sites for hydroxylation is 1. The van der Waals surface area contributed by atoms with E-state index < -0.39 is 5.91 Å². The number of nitrogens with two attached hydrogens (primary N) is 1. The Labute approximate surface area is 119 Å². The third-order valence-corrected chi connectivity index (χ3v) is 2.69. The van der Waals surface area contributed by atoms with Gasteiger partial charge in [0.1, 0.15) is 5.76 Å². The molecular formula is C15H21N3O2. The van der Waals surface area contributed by atoms with Crippen LogP contribution in [0.15, 0.2) is 40.6 Å². The lowest BCUT2D eigenvalue weighted by Gasteiger charge is -2.09. The van der Waals surface area contributed by atoms with Gasteiger partial charge in [-0.2, -0.15) is 0 Å². The van der Waals surface area contributed by atoms with Crippen LogP contribution >= 0.6 is 0 Å². The highest BCUT2D eigenvalue weighted by atomic mass is 16.3. The van der Waals surface area contributed by atoms with Crippen LogP contribution in [-0.4, -0.2) is 29.8 Å². The monoisotopic (exact) mass is 275 g/mol. The summed E-state index contributed by atoms with van der Waals surface area (Å²) < 4.78 is 0. The van der Waals surface area contributed by atoms with E-state index in [-0.39, 0.29) is 11.5 Å². The molecule has 0 radical (unpaired) electrons. The molecule has 0 fully saturated rings. The third kappa shape index (κ3) is 4.20. The first-order valence-corrected chi connectivity index (χ1v) is 6.46. The van der Waals surface area contributed by atoms with Crippen LogP contribution in [0.2, 0.25) is 0 Å². The summed E-state index contributed by atoms with van der Waals surface area (Å²) in [5, 5.41) is 12.7. The predicted octanol–water partition coefficient (Wildman–Crippen LogP) is 1.99. The summed E-state index contributed by atoms with van der Waals surface area (Å²) in [5.41, 5.74) is 7.57. The third-order valence-electron chi connectivity index (χ3n) is 2.69. The molecule has 5 nitrogen and oxygen atoms in total. The second-order valence-electron chi connectivity index (χ2n) is 4.64. The van der Waals surface area contributed by atoms with Gasteiger partial charge < -0.3 is 16.2 Å². The molecule has 0 heterocycles. The van der Waals surface area contributed by atoms with Gasteiger partial charge in [0.25, 0.3) is 5.91 Å². The van der Waals surface area contributed by atoms with E-state index in [9.17, 15) is 9.90 Å². The van der Waals surface area contributed by atoms with Crippen LogP contribution in [0.4, 0.5) is 5.69 Å². The molecule has 0 aliphatic carbocycles. The van der Waals surface area contributed by atoms with Crippen LogP contribution in [0.25, 0.3) is 0 Å². The first kappa shape index (κ1) is 15.9. The number of nitrogens with one attached hydrogen (secondary N) is 1. The number of benzene rings is 1. The minimum Gasteiger partial charge on any atom is -0.506 e. The molecule has 1 rings (SSSR count). The SMILES string of the molecule is CC(C)=C(O)C(=Nc1ccccc1C)C(=O)NCCN. The van der Waals surface area contributed by atoms with Crippen molar-refractivity contribution in [2.45, 2.75) is 20.8 Å². The minimum absolute atomic E-state index is 0.00718. The summed E-state index contributed by atoms with van der Waals surface area (Å²) in [4.78, 5) is 16.4. The Morgan fingerprint density at radius 2 is 2.00 bits per heavy atom. The Balaban J connectivity index is 3.21. The molecule has 5 heteroatoms. The van der Waals surface area contributed by atoms with E-state index in [0.717, 1.165) is 5.56 Å². The number of aliphatic imine (C=N–C) groups is 1. The molecule has 0 aliphatic rings. The number of hydrogen-bond donors (Lipinski definition) is 3. The average Bonchev–Trinajstić information content (AvgIpc) is 2.43. The molecule has 108 valence electrons. The standard InChI is InChI=1S/C15H21N3O2/c1-10(2)14(19)13(15(20)17-9-8-16)18-12-7-5-4-6-11(12)3/h4-7,19H,8-9,16H2,1-3H3,(H,17,20). The maximum absolute atomic E-state index is 12.1. The van der Waals surface area contributed by atoms with Crippen molar-refractivity contribution in [3.63, 3.8) is 0 Å². The fourth-order valence-electron chi connectivity index (χ4n) is 1.53. The number of amides is 1. The largest absolute Gasteiger partial charge is 0.506 e. The van der Waals surface area contributed by atoms with E-state index in [1.807, 2.05) is 25.1 Å². The van der Waals surface area contributed by atoms with E-state index in [2.05, 4.69) is 10.3 Å².